The van der Waals surface area contributed by atoms with Crippen molar-refractivity contribution in [3.8, 4) is 11.5 Å². The molecular formula is C20H14O16S4. The molecule has 40 heavy (non-hydrogen) atoms. The molecule has 4 rings (SSSR count). The van der Waals surface area contributed by atoms with Gasteiger partial charge in [0.05, 0.1) is 4.90 Å². The van der Waals surface area contributed by atoms with Crippen molar-refractivity contribution in [2.45, 2.75) is 9.79 Å². The Morgan fingerprint density at radius 3 is 1.38 bits per heavy atom. The molecular weight excluding hydrogens is 624 g/mol. The largest absolute Gasteiger partial charge is 0.508 e. The summed E-state index contributed by atoms with van der Waals surface area (Å²) in [6.45, 7) is 0. The van der Waals surface area contributed by atoms with Gasteiger partial charge in [0, 0.05) is 28.3 Å². The fourth-order valence-corrected chi connectivity index (χ4v) is 4.06. The second-order valence-electron chi connectivity index (χ2n) is 6.92. The third kappa shape index (κ3) is 9.76. The molecule has 0 atom stereocenters. The van der Waals surface area contributed by atoms with Gasteiger partial charge in [0.15, 0.2) is 11.6 Å². The summed E-state index contributed by atoms with van der Waals surface area (Å²) in [4.78, 5) is 23.4. The Labute approximate surface area is 227 Å². The SMILES string of the molecule is O=C1c2ccccc2C(=O)c2cc(S(=O)(=O)O)ccc21.O=S(=O)(O)c1cc(O)ccc1O.O=S(=O)=O.O=S(=O)=O. The van der Waals surface area contributed by atoms with Gasteiger partial charge >= 0.3 is 21.2 Å². The van der Waals surface area contributed by atoms with Crippen molar-refractivity contribution in [3.63, 3.8) is 0 Å². The first-order valence-corrected chi connectivity index (χ1v) is 14.5. The molecule has 0 amide bonds. The van der Waals surface area contributed by atoms with E-state index in [0.29, 0.717) is 5.56 Å². The number of ketones is 2. The zero-order valence-electron chi connectivity index (χ0n) is 19.1. The van der Waals surface area contributed by atoms with E-state index in [-0.39, 0.29) is 28.2 Å². The number of carbonyl (C=O) groups excluding carboxylic acids is 2. The van der Waals surface area contributed by atoms with E-state index in [2.05, 4.69) is 0 Å². The Balaban J connectivity index is 0.000000339. The Hall–Kier alpha value is -4.34. The van der Waals surface area contributed by atoms with Crippen LogP contribution in [0.5, 0.6) is 11.5 Å². The summed E-state index contributed by atoms with van der Waals surface area (Å²) in [6, 6.07) is 12.5. The lowest BCUT2D eigenvalue weighted by Gasteiger charge is -2.17. The Bertz CT molecular complexity index is 1870. The predicted molar refractivity (Wildman–Crippen MR) is 129 cm³/mol. The quantitative estimate of drug-likeness (QED) is 0.166. The maximum Gasteiger partial charge on any atom is 0.425 e. The molecule has 0 spiro atoms. The molecule has 16 nitrogen and oxygen atoms in total. The lowest BCUT2D eigenvalue weighted by molar-refractivity contribution is 0.0979. The molecule has 0 fully saturated rings. The van der Waals surface area contributed by atoms with Crippen LogP contribution in [0.2, 0.25) is 0 Å². The van der Waals surface area contributed by atoms with E-state index in [1.54, 1.807) is 18.2 Å². The summed E-state index contributed by atoms with van der Waals surface area (Å²) in [7, 11) is -15.1. The number of carbonyl (C=O) groups is 2. The summed E-state index contributed by atoms with van der Waals surface area (Å²) < 4.78 is 111. The molecule has 0 saturated carbocycles. The van der Waals surface area contributed by atoms with E-state index in [1.165, 1.54) is 12.1 Å². The Morgan fingerprint density at radius 2 is 0.975 bits per heavy atom. The topological polar surface area (TPSA) is 286 Å². The summed E-state index contributed by atoms with van der Waals surface area (Å²) in [5, 5.41) is 17.7. The van der Waals surface area contributed by atoms with Gasteiger partial charge in [-0.2, -0.15) is 16.8 Å². The normalized spacial score (nSPS) is 11.6. The average molecular weight is 639 g/mol. The van der Waals surface area contributed by atoms with Gasteiger partial charge in [-0.05, 0) is 30.3 Å². The predicted octanol–water partition coefficient (Wildman–Crippen LogP) is 0.0450. The summed E-state index contributed by atoms with van der Waals surface area (Å²) >= 11 is 0. The van der Waals surface area contributed by atoms with Crippen molar-refractivity contribution in [3.05, 3.63) is 82.9 Å². The van der Waals surface area contributed by atoms with Gasteiger partial charge in [-0.25, -0.2) is 0 Å². The van der Waals surface area contributed by atoms with Gasteiger partial charge in [-0.1, -0.05) is 24.3 Å². The van der Waals surface area contributed by atoms with Crippen LogP contribution in [-0.4, -0.2) is 73.0 Å². The smallest absolute Gasteiger partial charge is 0.425 e. The second kappa shape index (κ2) is 13.6. The standard InChI is InChI=1S/C14H8O5S.C6H6O5S.2O3S/c15-13-9-3-1-2-4-10(9)14(16)12-7-8(20(17,18)19)5-6-11(12)13;7-4-1-2-5(8)6(3-4)12(9,10)11;2*1-4(2)3/h1-7H,(H,17,18,19);1-3,7-8H,(H,9,10,11);;. The molecule has 1 aliphatic carbocycles. The first-order chi connectivity index (χ1) is 18.3. The van der Waals surface area contributed by atoms with Crippen LogP contribution in [0.25, 0.3) is 0 Å². The highest BCUT2D eigenvalue weighted by atomic mass is 32.2. The minimum atomic E-state index is -4.47. The molecule has 1 aliphatic rings. The molecule has 0 aromatic heterocycles. The minimum absolute atomic E-state index is 0.0103. The molecule has 0 bridgehead atoms. The fourth-order valence-electron chi connectivity index (χ4n) is 2.95. The number of phenolic OH excluding ortho intramolecular Hbond substituents is 2. The second-order valence-corrected chi connectivity index (χ2v) is 10.5. The van der Waals surface area contributed by atoms with Gasteiger partial charge in [-0.15, -0.1) is 25.3 Å². The molecule has 4 N–H and O–H groups in total. The molecule has 0 heterocycles. The van der Waals surface area contributed by atoms with E-state index in [0.717, 1.165) is 30.3 Å². The summed E-state index contributed by atoms with van der Waals surface area (Å²) in [5.74, 6) is -1.71. The van der Waals surface area contributed by atoms with Gasteiger partial charge < -0.3 is 10.2 Å². The van der Waals surface area contributed by atoms with Crippen LogP contribution in [0.15, 0.2) is 70.5 Å². The van der Waals surface area contributed by atoms with Crippen molar-refractivity contribution < 1.29 is 71.0 Å². The van der Waals surface area contributed by atoms with Crippen LogP contribution < -0.4 is 0 Å². The molecule has 0 radical (unpaired) electrons. The van der Waals surface area contributed by atoms with Crippen molar-refractivity contribution in [2.24, 2.45) is 0 Å². The third-order valence-electron chi connectivity index (χ3n) is 4.42. The van der Waals surface area contributed by atoms with Gasteiger partial charge in [0.1, 0.15) is 16.4 Å². The lowest BCUT2D eigenvalue weighted by atomic mass is 9.84. The Morgan fingerprint density at radius 1 is 0.550 bits per heavy atom. The van der Waals surface area contributed by atoms with E-state index >= 15 is 0 Å². The molecule has 0 aliphatic heterocycles. The van der Waals surface area contributed by atoms with Gasteiger partial charge in [-0.3, -0.25) is 18.7 Å². The van der Waals surface area contributed by atoms with Crippen molar-refractivity contribution in [2.75, 3.05) is 0 Å². The van der Waals surface area contributed by atoms with Gasteiger partial charge in [0.25, 0.3) is 20.2 Å². The van der Waals surface area contributed by atoms with Crippen LogP contribution in [0, 0.1) is 0 Å². The van der Waals surface area contributed by atoms with Crippen molar-refractivity contribution >= 4 is 53.0 Å². The monoisotopic (exact) mass is 638 g/mol. The third-order valence-corrected chi connectivity index (χ3v) is 6.15. The highest BCUT2D eigenvalue weighted by Gasteiger charge is 2.30. The average Bonchev–Trinajstić information content (AvgIpc) is 2.82. The first kappa shape index (κ1) is 33.7. The molecule has 3 aromatic rings. The molecule has 3 aromatic carbocycles. The maximum atomic E-state index is 12.3. The molecule has 20 heteroatoms. The molecule has 214 valence electrons. The van der Waals surface area contributed by atoms with Crippen LogP contribution >= 0.6 is 0 Å². The van der Waals surface area contributed by atoms with Crippen LogP contribution in [0.1, 0.15) is 31.8 Å². The van der Waals surface area contributed by atoms with E-state index in [4.69, 9.17) is 44.6 Å². The number of aromatic hydroxyl groups is 2. The number of rotatable bonds is 2. The van der Waals surface area contributed by atoms with E-state index < -0.39 is 62.8 Å². The number of fused-ring (bicyclic) bond motifs is 2. The molecule has 0 saturated heterocycles. The van der Waals surface area contributed by atoms with Gasteiger partial charge in [0.2, 0.25) is 0 Å². The van der Waals surface area contributed by atoms with E-state index in [9.17, 15) is 26.4 Å². The number of hydrogen-bond acceptors (Lipinski definition) is 14. The first-order valence-electron chi connectivity index (χ1n) is 9.60. The van der Waals surface area contributed by atoms with Crippen molar-refractivity contribution in [1.29, 1.82) is 0 Å². The lowest BCUT2D eigenvalue weighted by Crippen LogP contribution is -2.21. The number of benzene rings is 3. The fraction of sp³-hybridized carbons (Fsp3) is 0. The van der Waals surface area contributed by atoms with Crippen LogP contribution in [0.4, 0.5) is 0 Å². The summed E-state index contributed by atoms with van der Waals surface area (Å²) in [6.07, 6.45) is 0. The van der Waals surface area contributed by atoms with Crippen molar-refractivity contribution in [1.82, 2.24) is 0 Å². The van der Waals surface area contributed by atoms with E-state index in [1.807, 2.05) is 0 Å². The number of phenols is 2. The van der Waals surface area contributed by atoms with Crippen LogP contribution in [0.3, 0.4) is 0 Å². The number of hydrogen-bond donors (Lipinski definition) is 4. The van der Waals surface area contributed by atoms with Crippen LogP contribution in [-0.2, 0) is 41.5 Å². The molecule has 0 unspecified atom stereocenters. The zero-order chi connectivity index (χ0) is 31.0. The highest BCUT2D eigenvalue weighted by molar-refractivity contribution is 7.86. The Kier molecular flexibility index (Phi) is 11.5. The highest BCUT2D eigenvalue weighted by Crippen LogP contribution is 2.29. The zero-order valence-corrected chi connectivity index (χ0v) is 22.4. The summed E-state index contributed by atoms with van der Waals surface area (Å²) in [5.41, 5.74) is 0.659. The minimum Gasteiger partial charge on any atom is -0.508 e. The maximum absolute atomic E-state index is 12.3.